The molecule has 39 heavy (non-hydrogen) atoms. The molecule has 2 heterocycles. The Morgan fingerprint density at radius 3 is 2.31 bits per heavy atom. The van der Waals surface area contributed by atoms with E-state index in [4.69, 9.17) is 30.0 Å². The second-order valence-electron chi connectivity index (χ2n) is 8.91. The van der Waals surface area contributed by atoms with Gasteiger partial charge in [0.05, 0.1) is 25.1 Å². The lowest BCUT2D eigenvalue weighted by Gasteiger charge is -2.17. The summed E-state index contributed by atoms with van der Waals surface area (Å²) in [6.45, 7) is 8.03. The lowest BCUT2D eigenvalue weighted by molar-refractivity contribution is -0.116. The smallest absolute Gasteiger partial charge is 0.335 e. The van der Waals surface area contributed by atoms with E-state index in [2.05, 4.69) is 10.3 Å². The maximum atomic E-state index is 12.8. The largest absolute Gasteiger partial charge is 0.427 e. The average Bonchev–Trinajstić information content (AvgIpc) is 3.47. The number of carbonyl (C=O) groups excluding carboxylic acids is 1. The quantitative estimate of drug-likeness (QED) is 0.180. The molecule has 0 aliphatic carbocycles. The molecule has 0 saturated carbocycles. The van der Waals surface area contributed by atoms with Gasteiger partial charge in [-0.25, -0.2) is 4.98 Å². The van der Waals surface area contributed by atoms with Gasteiger partial charge < -0.3 is 18.8 Å². The number of amides is 1. The SMILES string of the molecule is CCOP(=O)(Cc1ccc(NC(=O)CCc2oc(-n3cnc(C)c3C)nc2-c2ccc(Cl)cc2)cc1)OCC. The zero-order valence-corrected chi connectivity index (χ0v) is 24.1. The van der Waals surface area contributed by atoms with Crippen LogP contribution >= 0.6 is 19.2 Å². The highest BCUT2D eigenvalue weighted by Gasteiger charge is 2.24. The van der Waals surface area contributed by atoms with Crippen molar-refractivity contribution in [3.63, 3.8) is 0 Å². The van der Waals surface area contributed by atoms with Crippen molar-refractivity contribution in [1.82, 2.24) is 14.5 Å². The fraction of sp³-hybridized carbons (Fsp3) is 0.321. The van der Waals surface area contributed by atoms with Gasteiger partial charge in [-0.1, -0.05) is 35.9 Å². The van der Waals surface area contributed by atoms with Crippen LogP contribution in [0.3, 0.4) is 0 Å². The lowest BCUT2D eigenvalue weighted by Crippen LogP contribution is -2.12. The Kier molecular flexibility index (Phi) is 9.40. The predicted octanol–water partition coefficient (Wildman–Crippen LogP) is 7.13. The molecular weight excluding hydrogens is 539 g/mol. The second-order valence-corrected chi connectivity index (χ2v) is 11.4. The van der Waals surface area contributed by atoms with E-state index >= 15 is 0 Å². The van der Waals surface area contributed by atoms with Crippen LogP contribution in [0.25, 0.3) is 17.3 Å². The van der Waals surface area contributed by atoms with Crippen molar-refractivity contribution >= 4 is 30.8 Å². The van der Waals surface area contributed by atoms with Gasteiger partial charge in [0.1, 0.15) is 17.8 Å². The molecule has 1 N–H and O–H groups in total. The summed E-state index contributed by atoms with van der Waals surface area (Å²) in [5.74, 6) is 0.415. The molecule has 0 bridgehead atoms. The van der Waals surface area contributed by atoms with Crippen LogP contribution in [0.4, 0.5) is 5.69 Å². The third-order valence-electron chi connectivity index (χ3n) is 6.11. The summed E-state index contributed by atoms with van der Waals surface area (Å²) >= 11 is 6.08. The van der Waals surface area contributed by atoms with Crippen LogP contribution in [0, 0.1) is 13.8 Å². The Bertz CT molecular complexity index is 1450. The first-order valence-corrected chi connectivity index (χ1v) is 14.9. The van der Waals surface area contributed by atoms with Crippen molar-refractivity contribution in [2.24, 2.45) is 0 Å². The number of halogens is 1. The normalized spacial score (nSPS) is 11.6. The molecule has 0 unspecified atom stereocenters. The minimum atomic E-state index is -3.20. The molecule has 0 radical (unpaired) electrons. The summed E-state index contributed by atoms with van der Waals surface area (Å²) < 4.78 is 31.4. The van der Waals surface area contributed by atoms with Crippen LogP contribution in [0.5, 0.6) is 0 Å². The molecule has 0 saturated heterocycles. The molecule has 9 nitrogen and oxygen atoms in total. The van der Waals surface area contributed by atoms with E-state index in [1.54, 1.807) is 61.1 Å². The second kappa shape index (κ2) is 12.7. The maximum Gasteiger partial charge on any atom is 0.335 e. The summed E-state index contributed by atoms with van der Waals surface area (Å²) in [6.07, 6.45) is 2.36. The van der Waals surface area contributed by atoms with Crippen LogP contribution in [0.15, 0.2) is 59.3 Å². The topological polar surface area (TPSA) is 108 Å². The molecule has 4 aromatic rings. The molecular formula is C28H32ClN4O5P. The van der Waals surface area contributed by atoms with E-state index in [0.717, 1.165) is 22.5 Å². The van der Waals surface area contributed by atoms with Crippen LogP contribution in [0.1, 0.15) is 43.0 Å². The average molecular weight is 571 g/mol. The van der Waals surface area contributed by atoms with Gasteiger partial charge in [0.2, 0.25) is 5.91 Å². The number of rotatable bonds is 12. The van der Waals surface area contributed by atoms with E-state index in [9.17, 15) is 9.36 Å². The van der Waals surface area contributed by atoms with Crippen LogP contribution in [0.2, 0.25) is 5.02 Å². The Morgan fingerprint density at radius 1 is 1.05 bits per heavy atom. The van der Waals surface area contributed by atoms with E-state index in [0.29, 0.717) is 47.8 Å². The Labute approximate surface area is 233 Å². The van der Waals surface area contributed by atoms with Gasteiger partial charge in [0.25, 0.3) is 0 Å². The van der Waals surface area contributed by atoms with Gasteiger partial charge in [-0.05, 0) is 57.5 Å². The molecule has 2 aromatic carbocycles. The van der Waals surface area contributed by atoms with Crippen molar-refractivity contribution in [2.75, 3.05) is 18.5 Å². The summed E-state index contributed by atoms with van der Waals surface area (Å²) in [7, 11) is -3.20. The molecule has 1 amide bonds. The highest BCUT2D eigenvalue weighted by molar-refractivity contribution is 7.53. The Hall–Kier alpha value is -3.23. The fourth-order valence-electron chi connectivity index (χ4n) is 4.03. The molecule has 0 atom stereocenters. The minimum absolute atomic E-state index is 0.167. The van der Waals surface area contributed by atoms with Gasteiger partial charge in [0.15, 0.2) is 0 Å². The molecule has 2 aromatic heterocycles. The number of aromatic nitrogens is 3. The predicted molar refractivity (Wildman–Crippen MR) is 152 cm³/mol. The number of nitrogens with one attached hydrogen (secondary N) is 1. The maximum absolute atomic E-state index is 12.8. The molecule has 4 rings (SSSR count). The van der Waals surface area contributed by atoms with Crippen molar-refractivity contribution in [3.8, 4) is 17.3 Å². The number of hydrogen-bond donors (Lipinski definition) is 1. The molecule has 0 fully saturated rings. The first kappa shape index (κ1) is 28.8. The number of imidazole rings is 1. The Balaban J connectivity index is 1.45. The summed E-state index contributed by atoms with van der Waals surface area (Å²) in [6, 6.07) is 14.9. The van der Waals surface area contributed by atoms with Gasteiger partial charge in [0, 0.05) is 34.8 Å². The highest BCUT2D eigenvalue weighted by Crippen LogP contribution is 2.51. The number of nitrogens with zero attached hydrogens (tertiary/aromatic N) is 3. The van der Waals surface area contributed by atoms with Gasteiger partial charge in [-0.2, -0.15) is 4.98 Å². The van der Waals surface area contributed by atoms with Gasteiger partial charge in [-0.15, -0.1) is 0 Å². The zero-order chi connectivity index (χ0) is 28.0. The number of benzene rings is 2. The third-order valence-corrected chi connectivity index (χ3v) is 8.41. The van der Waals surface area contributed by atoms with Crippen molar-refractivity contribution in [2.45, 2.75) is 46.7 Å². The standard InChI is InChI=1S/C28H32ClN4O5P/c1-5-36-39(35,37-6-2)17-21-7-13-24(14-8-21)31-26(34)16-15-25-27(22-9-11-23(29)12-10-22)32-28(38-25)33-18-30-19(3)20(33)4/h7-14,18H,5-6,15-17H2,1-4H3,(H,31,34). The van der Waals surface area contributed by atoms with E-state index in [1.807, 2.05) is 26.0 Å². The number of oxazole rings is 1. The summed E-state index contributed by atoms with van der Waals surface area (Å²) in [5, 5.41) is 3.52. The molecule has 0 aliphatic heterocycles. The molecule has 0 aliphatic rings. The van der Waals surface area contributed by atoms with E-state index < -0.39 is 7.60 Å². The minimum Gasteiger partial charge on any atom is -0.427 e. The van der Waals surface area contributed by atoms with E-state index in [-0.39, 0.29) is 18.5 Å². The van der Waals surface area contributed by atoms with Crippen molar-refractivity contribution in [1.29, 1.82) is 0 Å². The number of hydrogen-bond acceptors (Lipinski definition) is 7. The van der Waals surface area contributed by atoms with Crippen molar-refractivity contribution in [3.05, 3.63) is 82.6 Å². The van der Waals surface area contributed by atoms with Crippen molar-refractivity contribution < 1.29 is 22.8 Å². The van der Waals surface area contributed by atoms with Gasteiger partial charge in [-0.3, -0.25) is 13.9 Å². The number of carbonyl (C=O) groups is 1. The first-order chi connectivity index (χ1) is 18.7. The Morgan fingerprint density at radius 2 is 1.72 bits per heavy atom. The highest BCUT2D eigenvalue weighted by atomic mass is 35.5. The first-order valence-electron chi connectivity index (χ1n) is 12.7. The molecule has 11 heteroatoms. The molecule has 0 spiro atoms. The zero-order valence-electron chi connectivity index (χ0n) is 22.4. The lowest BCUT2D eigenvalue weighted by atomic mass is 10.1. The van der Waals surface area contributed by atoms with Crippen LogP contribution < -0.4 is 5.32 Å². The fourth-order valence-corrected chi connectivity index (χ4v) is 5.85. The summed E-state index contributed by atoms with van der Waals surface area (Å²) in [4.78, 5) is 21.9. The van der Waals surface area contributed by atoms with Crippen LogP contribution in [-0.2, 0) is 31.0 Å². The summed E-state index contributed by atoms with van der Waals surface area (Å²) in [5.41, 5.74) is 4.72. The van der Waals surface area contributed by atoms with Gasteiger partial charge >= 0.3 is 13.6 Å². The number of aryl methyl sites for hydroxylation is 2. The number of anilines is 1. The van der Waals surface area contributed by atoms with E-state index in [1.165, 1.54) is 0 Å². The molecule has 206 valence electrons. The third kappa shape index (κ3) is 7.25. The van der Waals surface area contributed by atoms with Crippen LogP contribution in [-0.4, -0.2) is 33.7 Å². The monoisotopic (exact) mass is 570 g/mol.